The standard InChI is InChI=1S/C34H39ClN2O7S/c1-19(2)29(33(39)44-34(6,7)8)37(45(40)41)25-15-11-23(12-16-25)22-9-13-24(14-10-22)36-32(38)30-21(5)28-27(43-30)18-17-26(35)31(28)42-20(3)4/h9-20,29H,1-8H3,(H,36,38)(H,40,41). The zero-order valence-electron chi connectivity index (χ0n) is 26.6. The zero-order chi connectivity index (χ0) is 33.2. The monoisotopic (exact) mass is 654 g/mol. The van der Waals surface area contributed by atoms with E-state index < -0.39 is 34.8 Å². The summed E-state index contributed by atoms with van der Waals surface area (Å²) in [7, 11) is 0. The molecule has 4 aromatic rings. The maximum Gasteiger partial charge on any atom is 0.330 e. The van der Waals surface area contributed by atoms with Crippen molar-refractivity contribution in [3.63, 3.8) is 0 Å². The van der Waals surface area contributed by atoms with Crippen LogP contribution < -0.4 is 14.4 Å². The van der Waals surface area contributed by atoms with E-state index in [2.05, 4.69) is 5.32 Å². The van der Waals surface area contributed by atoms with Crippen molar-refractivity contribution in [3.8, 4) is 16.9 Å². The summed E-state index contributed by atoms with van der Waals surface area (Å²) in [6.07, 6.45) is -0.110. The number of nitrogens with zero attached hydrogens (tertiary/aromatic N) is 1. The van der Waals surface area contributed by atoms with Gasteiger partial charge >= 0.3 is 5.97 Å². The van der Waals surface area contributed by atoms with Gasteiger partial charge in [0.2, 0.25) is 0 Å². The molecule has 4 rings (SSSR count). The number of benzene rings is 3. The molecule has 0 bridgehead atoms. The molecule has 0 aliphatic carbocycles. The summed E-state index contributed by atoms with van der Waals surface area (Å²) in [6, 6.07) is 16.7. The molecule has 1 amide bonds. The van der Waals surface area contributed by atoms with E-state index in [-0.39, 0.29) is 17.8 Å². The molecule has 1 aromatic heterocycles. The Morgan fingerprint density at radius 1 is 0.956 bits per heavy atom. The average Bonchev–Trinajstić information content (AvgIpc) is 3.28. The summed E-state index contributed by atoms with van der Waals surface area (Å²) < 4.78 is 41.1. The second kappa shape index (κ2) is 13.6. The Morgan fingerprint density at radius 3 is 2.04 bits per heavy atom. The first kappa shape index (κ1) is 34.0. The van der Waals surface area contributed by atoms with Crippen molar-refractivity contribution in [2.24, 2.45) is 5.92 Å². The topological polar surface area (TPSA) is 118 Å². The first-order valence-corrected chi connectivity index (χ1v) is 16.0. The summed E-state index contributed by atoms with van der Waals surface area (Å²) in [4.78, 5) is 26.2. The number of furan rings is 1. The molecule has 0 radical (unpaired) electrons. The molecular weight excluding hydrogens is 616 g/mol. The first-order valence-electron chi connectivity index (χ1n) is 14.6. The van der Waals surface area contributed by atoms with Gasteiger partial charge < -0.3 is 19.2 Å². The Hall–Kier alpha value is -3.86. The largest absolute Gasteiger partial charge is 0.489 e. The molecule has 3 aromatic carbocycles. The predicted octanol–water partition coefficient (Wildman–Crippen LogP) is 8.41. The number of halogens is 1. The minimum atomic E-state index is -2.47. The minimum Gasteiger partial charge on any atom is -0.489 e. The van der Waals surface area contributed by atoms with Crippen LogP contribution in [0.25, 0.3) is 22.1 Å². The van der Waals surface area contributed by atoms with Crippen LogP contribution in [0.1, 0.15) is 64.6 Å². The number of hydrogen-bond acceptors (Lipinski definition) is 6. The number of fused-ring (bicyclic) bond motifs is 1. The second-order valence-electron chi connectivity index (χ2n) is 12.3. The van der Waals surface area contributed by atoms with E-state index in [0.29, 0.717) is 38.7 Å². The highest BCUT2D eigenvalue weighted by Gasteiger charge is 2.36. The molecule has 0 aliphatic rings. The van der Waals surface area contributed by atoms with Crippen LogP contribution in [-0.4, -0.2) is 38.4 Å². The van der Waals surface area contributed by atoms with Crippen LogP contribution in [0.3, 0.4) is 0 Å². The fourth-order valence-electron chi connectivity index (χ4n) is 4.93. The fraction of sp³-hybridized carbons (Fsp3) is 0.353. The summed E-state index contributed by atoms with van der Waals surface area (Å²) in [5, 5.41) is 3.98. The number of rotatable bonds is 10. The Morgan fingerprint density at radius 2 is 1.53 bits per heavy atom. The van der Waals surface area contributed by atoms with Crippen LogP contribution in [0.2, 0.25) is 5.02 Å². The van der Waals surface area contributed by atoms with Crippen molar-refractivity contribution in [1.82, 2.24) is 0 Å². The minimum absolute atomic E-state index is 0.110. The number of amides is 1. The lowest BCUT2D eigenvalue weighted by Gasteiger charge is -2.33. The summed E-state index contributed by atoms with van der Waals surface area (Å²) in [6.45, 7) is 14.4. The van der Waals surface area contributed by atoms with Crippen molar-refractivity contribution in [2.75, 3.05) is 9.62 Å². The fourth-order valence-corrected chi connectivity index (χ4v) is 5.96. The Labute approximate surface area is 271 Å². The molecule has 9 nitrogen and oxygen atoms in total. The lowest BCUT2D eigenvalue weighted by molar-refractivity contribution is -0.157. The van der Waals surface area contributed by atoms with E-state index in [4.69, 9.17) is 25.5 Å². The van der Waals surface area contributed by atoms with E-state index >= 15 is 0 Å². The molecule has 2 atom stereocenters. The number of hydrogen-bond donors (Lipinski definition) is 2. The predicted molar refractivity (Wildman–Crippen MR) is 179 cm³/mol. The van der Waals surface area contributed by atoms with Crippen molar-refractivity contribution in [3.05, 3.63) is 77.0 Å². The number of carbonyl (C=O) groups is 2. The SMILES string of the molecule is Cc1c(C(=O)Nc2ccc(-c3ccc(N(C(C(=O)OC(C)(C)C)C(C)C)S(=O)O)cc3)cc2)oc2ccc(Cl)c(OC(C)C)c12. The quantitative estimate of drug-likeness (QED) is 0.130. The van der Waals surface area contributed by atoms with Crippen molar-refractivity contribution in [1.29, 1.82) is 0 Å². The molecule has 240 valence electrons. The van der Waals surface area contributed by atoms with Crippen LogP contribution in [0.15, 0.2) is 65.1 Å². The average molecular weight is 655 g/mol. The zero-order valence-corrected chi connectivity index (χ0v) is 28.2. The summed E-state index contributed by atoms with van der Waals surface area (Å²) in [5.74, 6) is -0.632. The molecule has 0 saturated carbocycles. The van der Waals surface area contributed by atoms with Crippen LogP contribution in [0, 0.1) is 12.8 Å². The number of aryl methyl sites for hydroxylation is 1. The maximum absolute atomic E-state index is 13.2. The van der Waals surface area contributed by atoms with Gasteiger partial charge in [-0.05, 0) is 95.0 Å². The number of carbonyl (C=O) groups excluding carboxylic acids is 2. The lowest BCUT2D eigenvalue weighted by Crippen LogP contribution is -2.48. The van der Waals surface area contributed by atoms with Crippen LogP contribution >= 0.6 is 11.6 Å². The molecule has 45 heavy (non-hydrogen) atoms. The molecular formula is C34H39ClN2O7S. The normalized spacial score (nSPS) is 13.2. The highest BCUT2D eigenvalue weighted by molar-refractivity contribution is 7.80. The summed E-state index contributed by atoms with van der Waals surface area (Å²) >= 11 is 3.92. The Bertz CT molecular complexity index is 1710. The van der Waals surface area contributed by atoms with Gasteiger partial charge in [0.1, 0.15) is 23.0 Å². The van der Waals surface area contributed by atoms with Crippen molar-refractivity contribution >= 4 is 57.1 Å². The Balaban J connectivity index is 1.53. The van der Waals surface area contributed by atoms with Crippen LogP contribution in [0.4, 0.5) is 11.4 Å². The van der Waals surface area contributed by atoms with Crippen molar-refractivity contribution < 1.29 is 32.2 Å². The third kappa shape index (κ3) is 7.87. The van der Waals surface area contributed by atoms with Gasteiger partial charge in [-0.25, -0.2) is 9.00 Å². The first-order chi connectivity index (χ1) is 21.1. The molecule has 0 aliphatic heterocycles. The van der Waals surface area contributed by atoms with E-state index in [0.717, 1.165) is 15.4 Å². The van der Waals surface area contributed by atoms with Gasteiger partial charge in [-0.1, -0.05) is 49.7 Å². The molecule has 0 saturated heterocycles. The van der Waals surface area contributed by atoms with Crippen molar-refractivity contribution in [2.45, 2.75) is 73.1 Å². The smallest absolute Gasteiger partial charge is 0.330 e. The number of nitrogens with one attached hydrogen (secondary N) is 1. The van der Waals surface area contributed by atoms with E-state index in [1.807, 2.05) is 26.0 Å². The van der Waals surface area contributed by atoms with E-state index in [1.54, 1.807) is 90.1 Å². The highest BCUT2D eigenvalue weighted by Crippen LogP contribution is 2.39. The summed E-state index contributed by atoms with van der Waals surface area (Å²) in [5.41, 5.74) is 3.05. The van der Waals surface area contributed by atoms with Gasteiger partial charge in [0, 0.05) is 11.3 Å². The third-order valence-corrected chi connectivity index (χ3v) is 7.93. The van der Waals surface area contributed by atoms with Crippen LogP contribution in [-0.2, 0) is 20.8 Å². The van der Waals surface area contributed by atoms with Gasteiger partial charge in [0.15, 0.2) is 5.76 Å². The molecule has 0 spiro atoms. The number of ether oxygens (including phenoxy) is 2. The van der Waals surface area contributed by atoms with Gasteiger partial charge in [0.05, 0.1) is 22.2 Å². The number of esters is 1. The molecule has 11 heteroatoms. The second-order valence-corrected chi connectivity index (χ2v) is 13.6. The van der Waals surface area contributed by atoms with E-state index in [9.17, 15) is 18.4 Å². The third-order valence-electron chi connectivity index (χ3n) is 6.86. The maximum atomic E-state index is 13.2. The van der Waals surface area contributed by atoms with Gasteiger partial charge in [-0.2, -0.15) is 0 Å². The molecule has 2 unspecified atom stereocenters. The van der Waals surface area contributed by atoms with E-state index in [1.165, 1.54) is 0 Å². The highest BCUT2D eigenvalue weighted by atomic mass is 35.5. The number of anilines is 2. The van der Waals surface area contributed by atoms with Gasteiger partial charge in [-0.3, -0.25) is 13.7 Å². The van der Waals surface area contributed by atoms with Gasteiger partial charge in [-0.15, -0.1) is 0 Å². The van der Waals surface area contributed by atoms with Gasteiger partial charge in [0.25, 0.3) is 17.2 Å². The molecule has 2 N–H and O–H groups in total. The van der Waals surface area contributed by atoms with Crippen LogP contribution in [0.5, 0.6) is 5.75 Å². The Kier molecular flexibility index (Phi) is 10.3. The molecule has 0 fully saturated rings. The lowest BCUT2D eigenvalue weighted by atomic mass is 10.0. The molecule has 1 heterocycles.